The molecule has 0 bridgehead atoms. The summed E-state index contributed by atoms with van der Waals surface area (Å²) in [5.41, 5.74) is 8.32. The molecule has 1 heterocycles. The van der Waals surface area contributed by atoms with Gasteiger partial charge < -0.3 is 10.5 Å². The van der Waals surface area contributed by atoms with E-state index in [1.165, 1.54) is 0 Å². The van der Waals surface area contributed by atoms with Crippen LogP contribution in [0.5, 0.6) is 5.75 Å². The van der Waals surface area contributed by atoms with Crippen molar-refractivity contribution in [3.63, 3.8) is 0 Å². The van der Waals surface area contributed by atoms with Gasteiger partial charge in [0, 0.05) is 17.3 Å². The molecule has 20 heavy (non-hydrogen) atoms. The van der Waals surface area contributed by atoms with Gasteiger partial charge in [0.1, 0.15) is 5.75 Å². The van der Waals surface area contributed by atoms with Gasteiger partial charge in [-0.15, -0.1) is 0 Å². The standard InChI is InChI=1S/C16H19ClN2O/c1-2-6-20-15-9-13(10-19-11-15)16(18)8-12-4-3-5-14(17)7-12/h3-5,7,9-11,16H,2,6,8,18H2,1H3. The maximum Gasteiger partial charge on any atom is 0.137 e. The predicted molar refractivity (Wildman–Crippen MR) is 82.1 cm³/mol. The summed E-state index contributed by atoms with van der Waals surface area (Å²) in [6.07, 6.45) is 5.19. The largest absolute Gasteiger partial charge is 0.492 e. The molecule has 2 rings (SSSR count). The Labute approximate surface area is 124 Å². The smallest absolute Gasteiger partial charge is 0.137 e. The Bertz CT molecular complexity index is 560. The molecule has 2 N–H and O–H groups in total. The van der Waals surface area contributed by atoms with E-state index < -0.39 is 0 Å². The molecule has 0 fully saturated rings. The molecule has 3 nitrogen and oxygen atoms in total. The lowest BCUT2D eigenvalue weighted by atomic mass is 10.0. The van der Waals surface area contributed by atoms with Crippen molar-refractivity contribution >= 4 is 11.6 Å². The summed E-state index contributed by atoms with van der Waals surface area (Å²) in [6, 6.07) is 9.59. The molecule has 1 unspecified atom stereocenters. The maximum atomic E-state index is 6.24. The summed E-state index contributed by atoms with van der Waals surface area (Å²) in [4.78, 5) is 4.19. The highest BCUT2D eigenvalue weighted by Gasteiger charge is 2.09. The van der Waals surface area contributed by atoms with Gasteiger partial charge >= 0.3 is 0 Å². The van der Waals surface area contributed by atoms with Gasteiger partial charge in [0.2, 0.25) is 0 Å². The molecular formula is C16H19ClN2O. The van der Waals surface area contributed by atoms with Crippen LogP contribution in [-0.2, 0) is 6.42 Å². The van der Waals surface area contributed by atoms with Crippen LogP contribution in [0.4, 0.5) is 0 Å². The molecule has 106 valence electrons. The zero-order valence-corrected chi connectivity index (χ0v) is 12.3. The third-order valence-electron chi connectivity index (χ3n) is 2.98. The van der Waals surface area contributed by atoms with Crippen molar-refractivity contribution in [1.82, 2.24) is 4.98 Å². The highest BCUT2D eigenvalue weighted by atomic mass is 35.5. The molecule has 0 spiro atoms. The van der Waals surface area contributed by atoms with Gasteiger partial charge in [-0.25, -0.2) is 0 Å². The van der Waals surface area contributed by atoms with E-state index in [-0.39, 0.29) is 6.04 Å². The fourth-order valence-corrected chi connectivity index (χ4v) is 2.19. The number of pyridine rings is 1. The first-order valence-electron chi connectivity index (χ1n) is 6.77. The molecule has 0 aliphatic heterocycles. The maximum absolute atomic E-state index is 6.24. The van der Waals surface area contributed by atoms with Gasteiger partial charge in [0.25, 0.3) is 0 Å². The second kappa shape index (κ2) is 7.27. The van der Waals surface area contributed by atoms with E-state index in [4.69, 9.17) is 22.1 Å². The van der Waals surface area contributed by atoms with Crippen molar-refractivity contribution in [2.75, 3.05) is 6.61 Å². The van der Waals surface area contributed by atoms with Crippen molar-refractivity contribution in [2.45, 2.75) is 25.8 Å². The van der Waals surface area contributed by atoms with Crippen LogP contribution in [0.15, 0.2) is 42.7 Å². The van der Waals surface area contributed by atoms with Crippen LogP contribution < -0.4 is 10.5 Å². The summed E-state index contributed by atoms with van der Waals surface area (Å²) < 4.78 is 5.58. The first-order valence-corrected chi connectivity index (χ1v) is 7.14. The van der Waals surface area contributed by atoms with Crippen molar-refractivity contribution < 1.29 is 4.74 Å². The molecule has 1 aromatic heterocycles. The molecule has 0 saturated carbocycles. The van der Waals surface area contributed by atoms with Crippen molar-refractivity contribution in [2.24, 2.45) is 5.73 Å². The molecule has 1 atom stereocenters. The average molecular weight is 291 g/mol. The van der Waals surface area contributed by atoms with Crippen molar-refractivity contribution in [3.8, 4) is 5.75 Å². The van der Waals surface area contributed by atoms with Crippen molar-refractivity contribution in [1.29, 1.82) is 0 Å². The molecule has 0 radical (unpaired) electrons. The first-order chi connectivity index (χ1) is 9.69. The van der Waals surface area contributed by atoms with Gasteiger partial charge in [-0.2, -0.15) is 0 Å². The van der Waals surface area contributed by atoms with Crippen LogP contribution in [0.2, 0.25) is 5.02 Å². The van der Waals surface area contributed by atoms with Gasteiger partial charge in [-0.1, -0.05) is 30.7 Å². The molecule has 0 aliphatic rings. The monoisotopic (exact) mass is 290 g/mol. The molecule has 1 aromatic carbocycles. The van der Waals surface area contributed by atoms with E-state index in [2.05, 4.69) is 11.9 Å². The summed E-state index contributed by atoms with van der Waals surface area (Å²) in [5.74, 6) is 0.769. The number of benzene rings is 1. The Hall–Kier alpha value is -1.58. The Balaban J connectivity index is 2.06. The number of ether oxygens (including phenoxy) is 1. The lowest BCUT2D eigenvalue weighted by Gasteiger charge is -2.13. The van der Waals surface area contributed by atoms with E-state index in [0.29, 0.717) is 6.61 Å². The summed E-state index contributed by atoms with van der Waals surface area (Å²) >= 11 is 5.98. The minimum absolute atomic E-state index is 0.119. The summed E-state index contributed by atoms with van der Waals surface area (Å²) in [5, 5.41) is 0.729. The number of hydrogen-bond donors (Lipinski definition) is 1. The highest BCUT2D eigenvalue weighted by molar-refractivity contribution is 6.30. The third-order valence-corrected chi connectivity index (χ3v) is 3.22. The number of rotatable bonds is 6. The molecule has 4 heteroatoms. The lowest BCUT2D eigenvalue weighted by molar-refractivity contribution is 0.315. The Morgan fingerprint density at radius 2 is 2.15 bits per heavy atom. The number of nitrogens with two attached hydrogens (primary N) is 1. The van der Waals surface area contributed by atoms with E-state index >= 15 is 0 Å². The fraction of sp³-hybridized carbons (Fsp3) is 0.312. The molecule has 0 amide bonds. The van der Waals surface area contributed by atoms with Crippen molar-refractivity contribution in [3.05, 3.63) is 58.9 Å². The minimum Gasteiger partial charge on any atom is -0.492 e. The quantitative estimate of drug-likeness (QED) is 0.881. The van der Waals surface area contributed by atoms with Crippen LogP contribution >= 0.6 is 11.6 Å². The molecule has 0 saturated heterocycles. The van der Waals surface area contributed by atoms with Gasteiger partial charge in [-0.3, -0.25) is 4.98 Å². The van der Waals surface area contributed by atoms with Gasteiger partial charge in [-0.05, 0) is 42.2 Å². The van der Waals surface area contributed by atoms with E-state index in [1.54, 1.807) is 12.4 Å². The molecular weight excluding hydrogens is 272 g/mol. The van der Waals surface area contributed by atoms with Gasteiger partial charge in [0.05, 0.1) is 12.8 Å². The second-order valence-electron chi connectivity index (χ2n) is 4.74. The number of hydrogen-bond acceptors (Lipinski definition) is 3. The van der Waals surface area contributed by atoms with Gasteiger partial charge in [0.15, 0.2) is 0 Å². The SMILES string of the molecule is CCCOc1cncc(C(N)Cc2cccc(Cl)c2)c1. The molecule has 2 aromatic rings. The van der Waals surface area contributed by atoms with Crippen LogP contribution in [-0.4, -0.2) is 11.6 Å². The fourth-order valence-electron chi connectivity index (χ4n) is 1.97. The lowest BCUT2D eigenvalue weighted by Crippen LogP contribution is -2.14. The first kappa shape index (κ1) is 14.8. The van der Waals surface area contributed by atoms with Crippen LogP contribution in [0.1, 0.15) is 30.5 Å². The van der Waals surface area contributed by atoms with E-state index in [9.17, 15) is 0 Å². The normalized spacial score (nSPS) is 12.2. The number of aromatic nitrogens is 1. The zero-order chi connectivity index (χ0) is 14.4. The van der Waals surface area contributed by atoms with E-state index in [0.717, 1.165) is 34.7 Å². The molecule has 0 aliphatic carbocycles. The average Bonchev–Trinajstić information content (AvgIpc) is 2.45. The Kier molecular flexibility index (Phi) is 5.39. The Morgan fingerprint density at radius 3 is 2.90 bits per heavy atom. The van der Waals surface area contributed by atoms with E-state index in [1.807, 2.05) is 30.3 Å². The number of halogens is 1. The predicted octanol–water partition coefficient (Wildman–Crippen LogP) is 3.77. The topological polar surface area (TPSA) is 48.1 Å². The minimum atomic E-state index is -0.119. The van der Waals surface area contributed by atoms with Crippen LogP contribution in [0.25, 0.3) is 0 Å². The summed E-state index contributed by atoms with van der Waals surface area (Å²) in [6.45, 7) is 2.76. The second-order valence-corrected chi connectivity index (χ2v) is 5.18. The highest BCUT2D eigenvalue weighted by Crippen LogP contribution is 2.21. The number of nitrogens with zero attached hydrogens (tertiary/aromatic N) is 1. The third kappa shape index (κ3) is 4.22. The summed E-state index contributed by atoms with van der Waals surface area (Å²) in [7, 11) is 0. The zero-order valence-electron chi connectivity index (χ0n) is 11.6. The van der Waals surface area contributed by atoms with Crippen LogP contribution in [0.3, 0.4) is 0 Å². The Morgan fingerprint density at radius 1 is 1.30 bits per heavy atom. The van der Waals surface area contributed by atoms with Crippen LogP contribution in [0, 0.1) is 0 Å².